The summed E-state index contributed by atoms with van der Waals surface area (Å²) in [5, 5.41) is 33.1. The van der Waals surface area contributed by atoms with E-state index in [1.807, 2.05) is 0 Å². The van der Waals surface area contributed by atoms with Crippen LogP contribution in [0.25, 0.3) is 0 Å². The molecule has 3 rings (SSSR count). The Bertz CT molecular complexity index is 500. The van der Waals surface area contributed by atoms with Gasteiger partial charge in [0.05, 0.1) is 23.9 Å². The molecule has 23 heavy (non-hydrogen) atoms. The van der Waals surface area contributed by atoms with Crippen LogP contribution in [0.15, 0.2) is 0 Å². The second-order valence-corrected chi connectivity index (χ2v) is 7.55. The number of ether oxygens (including phenoxy) is 1. The van der Waals surface area contributed by atoms with Crippen molar-refractivity contribution in [2.24, 2.45) is 17.3 Å². The van der Waals surface area contributed by atoms with E-state index in [0.29, 0.717) is 19.3 Å². The van der Waals surface area contributed by atoms with Crippen molar-refractivity contribution in [2.45, 2.75) is 75.9 Å². The van der Waals surface area contributed by atoms with Crippen molar-refractivity contribution in [2.75, 3.05) is 6.61 Å². The molecule has 0 aromatic heterocycles. The molecule has 5 heteroatoms. The van der Waals surface area contributed by atoms with Gasteiger partial charge in [0.15, 0.2) is 0 Å². The molecule has 0 bridgehead atoms. The van der Waals surface area contributed by atoms with Gasteiger partial charge in [-0.3, -0.25) is 4.79 Å². The van der Waals surface area contributed by atoms with Gasteiger partial charge in [0.25, 0.3) is 0 Å². The smallest absolute Gasteiger partial charge is 0.332 e. The van der Waals surface area contributed by atoms with E-state index in [9.17, 15) is 20.3 Å². The van der Waals surface area contributed by atoms with Gasteiger partial charge in [-0.15, -0.1) is 0 Å². The number of rotatable bonds is 2. The zero-order valence-corrected chi connectivity index (χ0v) is 13.9. The topological polar surface area (TPSA) is 90.6 Å². The molecule has 0 aromatic carbocycles. The molecule has 0 saturated heterocycles. The van der Waals surface area contributed by atoms with E-state index in [1.165, 1.54) is 0 Å². The zero-order chi connectivity index (χ0) is 16.7. The molecule has 0 radical (unpaired) electrons. The SMILES string of the molecule is CCOC(=O)C1(C#N)C2(O)CCCCC2CC2CCCCC21O. The summed E-state index contributed by atoms with van der Waals surface area (Å²) in [5.74, 6) is -0.946. The van der Waals surface area contributed by atoms with Gasteiger partial charge in [0.2, 0.25) is 5.41 Å². The van der Waals surface area contributed by atoms with Crippen LogP contribution in [0.5, 0.6) is 0 Å². The van der Waals surface area contributed by atoms with Crippen LogP contribution in [-0.4, -0.2) is 34.0 Å². The minimum absolute atomic E-state index is 0.108. The first-order valence-corrected chi connectivity index (χ1v) is 8.99. The first-order valence-electron chi connectivity index (χ1n) is 8.99. The lowest BCUT2D eigenvalue weighted by atomic mass is 9.43. The molecule has 5 nitrogen and oxygen atoms in total. The highest BCUT2D eigenvalue weighted by molar-refractivity contribution is 5.84. The zero-order valence-electron chi connectivity index (χ0n) is 13.9. The quantitative estimate of drug-likeness (QED) is 0.762. The van der Waals surface area contributed by atoms with Crippen LogP contribution >= 0.6 is 0 Å². The Kier molecular flexibility index (Phi) is 4.18. The monoisotopic (exact) mass is 321 g/mol. The average molecular weight is 321 g/mol. The first-order chi connectivity index (χ1) is 11.0. The van der Waals surface area contributed by atoms with Crippen molar-refractivity contribution in [3.8, 4) is 6.07 Å². The maximum atomic E-state index is 12.9. The van der Waals surface area contributed by atoms with Gasteiger partial charge in [-0.1, -0.05) is 25.7 Å². The Morgan fingerprint density at radius 3 is 2.09 bits per heavy atom. The molecule has 0 heterocycles. The third-order valence-corrected chi connectivity index (χ3v) is 6.69. The van der Waals surface area contributed by atoms with Crippen LogP contribution in [0.3, 0.4) is 0 Å². The van der Waals surface area contributed by atoms with E-state index in [1.54, 1.807) is 6.92 Å². The highest BCUT2D eigenvalue weighted by atomic mass is 16.5. The Hall–Kier alpha value is -1.12. The summed E-state index contributed by atoms with van der Waals surface area (Å²) in [6.45, 7) is 1.83. The number of aliphatic hydroxyl groups is 2. The third kappa shape index (κ3) is 2.01. The van der Waals surface area contributed by atoms with E-state index in [0.717, 1.165) is 38.5 Å². The van der Waals surface area contributed by atoms with Gasteiger partial charge < -0.3 is 14.9 Å². The van der Waals surface area contributed by atoms with Gasteiger partial charge in [0, 0.05) is 0 Å². The summed E-state index contributed by atoms with van der Waals surface area (Å²) in [4.78, 5) is 12.9. The Morgan fingerprint density at radius 1 is 1.13 bits per heavy atom. The van der Waals surface area contributed by atoms with Gasteiger partial charge in [-0.25, -0.2) is 0 Å². The highest BCUT2D eigenvalue weighted by Crippen LogP contribution is 2.63. The molecule has 4 unspecified atom stereocenters. The van der Waals surface area contributed by atoms with E-state index in [4.69, 9.17) is 4.74 Å². The van der Waals surface area contributed by atoms with E-state index in [2.05, 4.69) is 6.07 Å². The molecule has 128 valence electrons. The van der Waals surface area contributed by atoms with Crippen molar-refractivity contribution in [3.63, 3.8) is 0 Å². The molecule has 3 aliphatic carbocycles. The average Bonchev–Trinajstić information content (AvgIpc) is 2.52. The number of hydrogen-bond donors (Lipinski definition) is 2. The maximum Gasteiger partial charge on any atom is 0.332 e. The molecule has 0 amide bonds. The van der Waals surface area contributed by atoms with E-state index >= 15 is 0 Å². The van der Waals surface area contributed by atoms with E-state index < -0.39 is 22.6 Å². The number of hydrogen-bond acceptors (Lipinski definition) is 5. The lowest BCUT2D eigenvalue weighted by Crippen LogP contribution is -2.74. The molecule has 2 N–H and O–H groups in total. The summed E-state index contributed by atoms with van der Waals surface area (Å²) < 4.78 is 5.22. The third-order valence-electron chi connectivity index (χ3n) is 6.69. The second-order valence-electron chi connectivity index (χ2n) is 7.55. The Morgan fingerprint density at radius 2 is 1.65 bits per heavy atom. The van der Waals surface area contributed by atoms with Crippen LogP contribution in [0.2, 0.25) is 0 Å². The molecule has 3 aliphatic rings. The summed E-state index contributed by atoms with van der Waals surface area (Å²) in [5.41, 5.74) is -4.81. The minimum Gasteiger partial charge on any atom is -0.465 e. The standard InChI is InChI=1S/C18H27NO4/c1-2-23-15(20)16(12-19)17(21)9-5-3-7-13(17)11-14-8-4-6-10-18(14,16)22/h13-14,21-22H,2-11H2,1H3. The van der Waals surface area contributed by atoms with Crippen LogP contribution in [0.4, 0.5) is 0 Å². The number of carbonyl (C=O) groups excluding carboxylic acids is 1. The molecule has 0 aromatic rings. The molecule has 3 fully saturated rings. The normalized spacial score (nSPS) is 46.2. The van der Waals surface area contributed by atoms with Crippen molar-refractivity contribution >= 4 is 5.97 Å². The molecular formula is C18H27NO4. The fraction of sp³-hybridized carbons (Fsp3) is 0.889. The largest absolute Gasteiger partial charge is 0.465 e. The number of nitrogens with zero attached hydrogens (tertiary/aromatic N) is 1. The molecule has 3 saturated carbocycles. The lowest BCUT2D eigenvalue weighted by Gasteiger charge is -2.62. The van der Waals surface area contributed by atoms with Crippen LogP contribution in [-0.2, 0) is 9.53 Å². The molecular weight excluding hydrogens is 294 g/mol. The summed E-state index contributed by atoms with van der Waals surface area (Å²) >= 11 is 0. The number of nitriles is 1. The second kappa shape index (κ2) is 5.75. The van der Waals surface area contributed by atoms with Crippen molar-refractivity contribution in [1.29, 1.82) is 5.26 Å². The Labute approximate surface area is 137 Å². The first kappa shape index (κ1) is 16.7. The fourth-order valence-corrected chi connectivity index (χ4v) is 5.62. The highest BCUT2D eigenvalue weighted by Gasteiger charge is 2.75. The summed E-state index contributed by atoms with van der Waals surface area (Å²) in [7, 11) is 0. The van der Waals surface area contributed by atoms with E-state index in [-0.39, 0.29) is 18.4 Å². The summed E-state index contributed by atoms with van der Waals surface area (Å²) in [6.07, 6.45) is 6.66. The van der Waals surface area contributed by atoms with Gasteiger partial charge in [-0.2, -0.15) is 5.26 Å². The predicted octanol–water partition coefficient (Wildman–Crippen LogP) is 2.31. The number of esters is 1. The predicted molar refractivity (Wildman–Crippen MR) is 83.1 cm³/mol. The van der Waals surface area contributed by atoms with Gasteiger partial charge in [-0.05, 0) is 50.9 Å². The fourth-order valence-electron chi connectivity index (χ4n) is 5.62. The lowest BCUT2D eigenvalue weighted by molar-refractivity contribution is -0.268. The van der Waals surface area contributed by atoms with Crippen LogP contribution in [0, 0.1) is 28.6 Å². The molecule has 4 atom stereocenters. The van der Waals surface area contributed by atoms with Gasteiger partial charge in [0.1, 0.15) is 0 Å². The Balaban J connectivity index is 2.17. The van der Waals surface area contributed by atoms with Gasteiger partial charge >= 0.3 is 5.97 Å². The molecule has 0 aliphatic heterocycles. The number of carbonyl (C=O) groups is 1. The number of fused-ring (bicyclic) bond motifs is 2. The van der Waals surface area contributed by atoms with Crippen molar-refractivity contribution in [1.82, 2.24) is 0 Å². The van der Waals surface area contributed by atoms with Crippen LogP contribution in [0.1, 0.15) is 64.7 Å². The minimum atomic E-state index is -1.86. The van der Waals surface area contributed by atoms with Crippen molar-refractivity contribution in [3.05, 3.63) is 0 Å². The maximum absolute atomic E-state index is 12.9. The summed E-state index contributed by atoms with van der Waals surface area (Å²) in [6, 6.07) is 2.11. The van der Waals surface area contributed by atoms with Crippen LogP contribution < -0.4 is 0 Å². The molecule has 0 spiro atoms. The van der Waals surface area contributed by atoms with Crippen molar-refractivity contribution < 1.29 is 19.7 Å².